The van der Waals surface area contributed by atoms with Crippen molar-refractivity contribution >= 4 is 35.8 Å². The van der Waals surface area contributed by atoms with Crippen molar-refractivity contribution in [1.82, 2.24) is 16.0 Å². The zero-order valence-electron chi connectivity index (χ0n) is 19.4. The second-order valence-electron chi connectivity index (χ2n) is 7.03. The lowest BCUT2D eigenvalue weighted by molar-refractivity contribution is 0.0953. The summed E-state index contributed by atoms with van der Waals surface area (Å²) in [7, 11) is 3.28. The van der Waals surface area contributed by atoms with Gasteiger partial charge >= 0.3 is 0 Å². The Labute approximate surface area is 208 Å². The van der Waals surface area contributed by atoms with Gasteiger partial charge < -0.3 is 25.4 Å². The number of amides is 1. The van der Waals surface area contributed by atoms with Crippen LogP contribution in [-0.4, -0.2) is 39.2 Å². The molecule has 7 nitrogen and oxygen atoms in total. The zero-order valence-corrected chi connectivity index (χ0v) is 21.7. The van der Waals surface area contributed by atoms with Crippen molar-refractivity contribution in [1.29, 1.82) is 0 Å². The van der Waals surface area contributed by atoms with Gasteiger partial charge in [-0.1, -0.05) is 25.5 Å². The van der Waals surface area contributed by atoms with E-state index in [1.165, 1.54) is 0 Å². The summed E-state index contributed by atoms with van der Waals surface area (Å²) in [4.78, 5) is 16.8. The molecule has 0 aromatic heterocycles. The molecule has 2 aromatic carbocycles. The number of carbonyl (C=O) groups is 1. The van der Waals surface area contributed by atoms with E-state index in [9.17, 15) is 4.79 Å². The highest BCUT2D eigenvalue weighted by Crippen LogP contribution is 2.24. The highest BCUT2D eigenvalue weighted by atomic mass is 127. The maximum Gasteiger partial charge on any atom is 0.251 e. The van der Waals surface area contributed by atoms with Crippen LogP contribution in [0.1, 0.15) is 48.2 Å². The number of nitrogens with one attached hydrogen (secondary N) is 3. The molecule has 2 aromatic rings. The van der Waals surface area contributed by atoms with Crippen molar-refractivity contribution in [2.45, 2.75) is 39.8 Å². The lowest BCUT2D eigenvalue weighted by atomic mass is 10.1. The van der Waals surface area contributed by atoms with Gasteiger partial charge in [-0.3, -0.25) is 4.79 Å². The second kappa shape index (κ2) is 15.3. The number of nitrogens with zero attached hydrogens (tertiary/aromatic N) is 1. The number of methoxy groups -OCH3 is 2. The lowest BCUT2D eigenvalue weighted by Crippen LogP contribution is -2.36. The van der Waals surface area contributed by atoms with Gasteiger partial charge in [0.1, 0.15) is 11.5 Å². The van der Waals surface area contributed by atoms with Crippen LogP contribution in [-0.2, 0) is 13.1 Å². The minimum absolute atomic E-state index is 0. The molecule has 3 N–H and O–H groups in total. The molecule has 0 atom stereocenters. The Bertz CT molecular complexity index is 857. The Morgan fingerprint density at radius 2 is 1.72 bits per heavy atom. The number of rotatable bonds is 11. The van der Waals surface area contributed by atoms with E-state index in [0.29, 0.717) is 31.2 Å². The molecule has 0 spiro atoms. The molecule has 0 radical (unpaired) electrons. The fraction of sp³-hybridized carbons (Fsp3) is 0.417. The van der Waals surface area contributed by atoms with Gasteiger partial charge in [0.05, 0.1) is 20.8 Å². The molecule has 0 aliphatic carbocycles. The van der Waals surface area contributed by atoms with E-state index in [0.717, 1.165) is 42.0 Å². The van der Waals surface area contributed by atoms with Gasteiger partial charge in [0.15, 0.2) is 5.96 Å². The zero-order chi connectivity index (χ0) is 22.5. The number of aliphatic imine (C=N–C) groups is 1. The van der Waals surface area contributed by atoms with E-state index in [1.807, 2.05) is 49.4 Å². The van der Waals surface area contributed by atoms with Crippen LogP contribution >= 0.6 is 24.0 Å². The van der Waals surface area contributed by atoms with Crippen LogP contribution < -0.4 is 25.4 Å². The minimum Gasteiger partial charge on any atom is -0.497 e. The Morgan fingerprint density at radius 3 is 2.34 bits per heavy atom. The van der Waals surface area contributed by atoms with Gasteiger partial charge in [-0.15, -0.1) is 24.0 Å². The van der Waals surface area contributed by atoms with E-state index in [1.54, 1.807) is 14.2 Å². The predicted molar refractivity (Wildman–Crippen MR) is 140 cm³/mol. The highest BCUT2D eigenvalue weighted by molar-refractivity contribution is 14.0. The van der Waals surface area contributed by atoms with Crippen molar-refractivity contribution in [2.24, 2.45) is 4.99 Å². The molecule has 32 heavy (non-hydrogen) atoms. The van der Waals surface area contributed by atoms with Crippen molar-refractivity contribution in [3.05, 3.63) is 59.2 Å². The number of halogens is 1. The van der Waals surface area contributed by atoms with Gasteiger partial charge in [-0.25, -0.2) is 4.99 Å². The van der Waals surface area contributed by atoms with E-state index in [2.05, 4.69) is 27.9 Å². The number of guanidine groups is 1. The molecule has 2 rings (SSSR count). The van der Waals surface area contributed by atoms with E-state index in [-0.39, 0.29) is 29.9 Å². The molecule has 0 aliphatic rings. The van der Waals surface area contributed by atoms with E-state index in [4.69, 9.17) is 9.47 Å². The third-order valence-corrected chi connectivity index (χ3v) is 4.74. The Balaban J connectivity index is 0.00000512. The Kier molecular flexibility index (Phi) is 13.2. The van der Waals surface area contributed by atoms with Crippen molar-refractivity contribution in [3.8, 4) is 11.5 Å². The van der Waals surface area contributed by atoms with Gasteiger partial charge in [-0.05, 0) is 43.2 Å². The van der Waals surface area contributed by atoms with Crippen LogP contribution in [0.5, 0.6) is 11.5 Å². The largest absolute Gasteiger partial charge is 0.497 e. The van der Waals surface area contributed by atoms with Crippen LogP contribution in [0.2, 0.25) is 0 Å². The third kappa shape index (κ3) is 8.94. The van der Waals surface area contributed by atoms with Crippen molar-refractivity contribution in [2.75, 3.05) is 27.3 Å². The summed E-state index contributed by atoms with van der Waals surface area (Å²) in [5, 5.41) is 9.51. The summed E-state index contributed by atoms with van der Waals surface area (Å²) >= 11 is 0. The first kappa shape index (κ1) is 27.5. The first-order valence-corrected chi connectivity index (χ1v) is 10.7. The third-order valence-electron chi connectivity index (χ3n) is 4.74. The maximum atomic E-state index is 12.1. The molecule has 0 fully saturated rings. The standard InChI is InChI=1S/C24H34N4O3.HI/c1-5-7-14-26-23(29)19-10-8-18(9-11-19)16-27-24(25-6-2)28-17-20-12-13-21(30-3)15-22(20)31-4;/h8-13,15H,5-7,14,16-17H2,1-4H3,(H,26,29)(H2,25,27,28);1H. The number of ether oxygens (including phenoxy) is 2. The number of benzene rings is 2. The average Bonchev–Trinajstić information content (AvgIpc) is 2.81. The van der Waals surface area contributed by atoms with Crippen LogP contribution in [0, 0.1) is 0 Å². The lowest BCUT2D eigenvalue weighted by Gasteiger charge is -2.14. The topological polar surface area (TPSA) is 84.0 Å². The maximum absolute atomic E-state index is 12.1. The Morgan fingerprint density at radius 1 is 0.969 bits per heavy atom. The highest BCUT2D eigenvalue weighted by Gasteiger charge is 2.07. The monoisotopic (exact) mass is 554 g/mol. The van der Waals surface area contributed by atoms with Gasteiger partial charge in [0, 0.05) is 36.8 Å². The molecule has 176 valence electrons. The molecule has 0 saturated heterocycles. The number of carbonyl (C=O) groups excluding carboxylic acids is 1. The molecular formula is C24H35IN4O3. The molecular weight excluding hydrogens is 519 g/mol. The second-order valence-corrected chi connectivity index (χ2v) is 7.03. The van der Waals surface area contributed by atoms with Crippen LogP contribution in [0.15, 0.2) is 47.5 Å². The van der Waals surface area contributed by atoms with Crippen molar-refractivity contribution in [3.63, 3.8) is 0 Å². The fourth-order valence-electron chi connectivity index (χ4n) is 2.93. The summed E-state index contributed by atoms with van der Waals surface area (Å²) in [6.45, 7) is 6.66. The quantitative estimate of drug-likeness (QED) is 0.169. The van der Waals surface area contributed by atoms with E-state index < -0.39 is 0 Å². The molecule has 0 bridgehead atoms. The average molecular weight is 554 g/mol. The fourth-order valence-corrected chi connectivity index (χ4v) is 2.93. The minimum atomic E-state index is -0.0352. The number of unbranched alkanes of at least 4 members (excludes halogenated alkanes) is 1. The normalized spacial score (nSPS) is 10.7. The molecule has 0 heterocycles. The number of hydrogen-bond acceptors (Lipinski definition) is 4. The summed E-state index contributed by atoms with van der Waals surface area (Å²) < 4.78 is 10.7. The van der Waals surface area contributed by atoms with E-state index >= 15 is 0 Å². The molecule has 8 heteroatoms. The number of hydrogen-bond donors (Lipinski definition) is 3. The van der Waals surface area contributed by atoms with Gasteiger partial charge in [0.25, 0.3) is 5.91 Å². The first-order chi connectivity index (χ1) is 15.1. The van der Waals surface area contributed by atoms with Crippen LogP contribution in [0.3, 0.4) is 0 Å². The molecule has 0 unspecified atom stereocenters. The van der Waals surface area contributed by atoms with Gasteiger partial charge in [0.2, 0.25) is 0 Å². The Hall–Kier alpha value is -2.49. The summed E-state index contributed by atoms with van der Waals surface area (Å²) in [6.07, 6.45) is 2.05. The molecule has 0 saturated carbocycles. The first-order valence-electron chi connectivity index (χ1n) is 10.7. The van der Waals surface area contributed by atoms with Gasteiger partial charge in [-0.2, -0.15) is 0 Å². The van der Waals surface area contributed by atoms with Crippen molar-refractivity contribution < 1.29 is 14.3 Å². The molecule has 0 aliphatic heterocycles. The molecule has 1 amide bonds. The SMILES string of the molecule is CCCCNC(=O)c1ccc(CN=C(NCC)NCc2ccc(OC)cc2OC)cc1.I. The smallest absolute Gasteiger partial charge is 0.251 e. The summed E-state index contributed by atoms with van der Waals surface area (Å²) in [5.74, 6) is 2.19. The summed E-state index contributed by atoms with van der Waals surface area (Å²) in [5.41, 5.74) is 2.71. The van der Waals surface area contributed by atoms with Crippen LogP contribution in [0.25, 0.3) is 0 Å². The summed E-state index contributed by atoms with van der Waals surface area (Å²) in [6, 6.07) is 13.3. The van der Waals surface area contributed by atoms with Crippen LogP contribution in [0.4, 0.5) is 0 Å². The predicted octanol–water partition coefficient (Wildman–Crippen LogP) is 4.11.